The molecule has 1 saturated heterocycles. The molecule has 1 atom stereocenters. The average Bonchev–Trinajstić information content (AvgIpc) is 3.45. The predicted octanol–water partition coefficient (Wildman–Crippen LogP) is 5.28. The summed E-state index contributed by atoms with van der Waals surface area (Å²) in [6.45, 7) is 11.2. The minimum Gasteiger partial charge on any atom is -0.367 e. The Morgan fingerprint density at radius 3 is 2.67 bits per heavy atom. The summed E-state index contributed by atoms with van der Waals surface area (Å²) in [5, 5.41) is 3.48. The van der Waals surface area contributed by atoms with Gasteiger partial charge in [-0.1, -0.05) is 6.08 Å². The molecule has 1 aromatic carbocycles. The molecule has 0 spiro atoms. The van der Waals surface area contributed by atoms with E-state index in [0.29, 0.717) is 54.5 Å². The zero-order valence-electron chi connectivity index (χ0n) is 22.8. The summed E-state index contributed by atoms with van der Waals surface area (Å²) >= 11 is 1.22. The van der Waals surface area contributed by atoms with Gasteiger partial charge in [0.05, 0.1) is 23.4 Å². The number of piperazine rings is 1. The van der Waals surface area contributed by atoms with Gasteiger partial charge in [0, 0.05) is 68.9 Å². The van der Waals surface area contributed by atoms with Crippen LogP contribution in [0.3, 0.4) is 0 Å². The van der Waals surface area contributed by atoms with Crippen molar-refractivity contribution in [2.24, 2.45) is 0 Å². The van der Waals surface area contributed by atoms with Gasteiger partial charge in [0.25, 0.3) is 17.3 Å². The molecule has 0 saturated carbocycles. The summed E-state index contributed by atoms with van der Waals surface area (Å²) in [5.74, 6) is -2.89. The van der Waals surface area contributed by atoms with Crippen molar-refractivity contribution in [2.45, 2.75) is 25.8 Å². The van der Waals surface area contributed by atoms with Crippen LogP contribution in [0.4, 0.5) is 39.1 Å². The van der Waals surface area contributed by atoms with E-state index in [2.05, 4.69) is 25.0 Å². The number of thiazole rings is 1. The second kappa shape index (κ2) is 11.9. The van der Waals surface area contributed by atoms with Crippen LogP contribution in [0, 0.1) is 18.2 Å². The van der Waals surface area contributed by atoms with Gasteiger partial charge in [-0.2, -0.15) is 0 Å². The van der Waals surface area contributed by atoms with Crippen LogP contribution in [0.25, 0.3) is 10.4 Å². The number of hydrogen-bond acceptors (Lipinski definition) is 7. The van der Waals surface area contributed by atoms with Crippen molar-refractivity contribution in [1.29, 1.82) is 0 Å². The third-order valence-electron chi connectivity index (χ3n) is 7.56. The summed E-state index contributed by atoms with van der Waals surface area (Å²) in [5.41, 5.74) is -2.30. The summed E-state index contributed by atoms with van der Waals surface area (Å²) in [6, 6.07) is 1.83. The number of pyridine rings is 1. The van der Waals surface area contributed by atoms with Crippen molar-refractivity contribution in [1.82, 2.24) is 14.9 Å². The number of rotatable bonds is 6. The monoisotopic (exact) mass is 601 g/mol. The maximum atomic E-state index is 16.4. The fraction of sp³-hybridized carbons (Fsp3) is 0.357. The maximum absolute atomic E-state index is 16.4. The fourth-order valence-corrected chi connectivity index (χ4v) is 5.84. The number of nitrogens with one attached hydrogen (secondary N) is 2. The quantitative estimate of drug-likeness (QED) is 0.295. The highest BCUT2D eigenvalue weighted by atomic mass is 32.1. The Morgan fingerprint density at radius 2 is 2.02 bits per heavy atom. The Hall–Kier alpha value is -4.22. The van der Waals surface area contributed by atoms with Gasteiger partial charge in [-0.15, -0.1) is 11.3 Å². The molecule has 9 nitrogen and oxygen atoms in total. The summed E-state index contributed by atoms with van der Waals surface area (Å²) in [6.07, 6.45) is 1.13. The molecule has 0 bridgehead atoms. The lowest BCUT2D eigenvalue weighted by atomic mass is 9.96. The molecule has 1 amide bonds. The zero-order chi connectivity index (χ0) is 30.1. The van der Waals surface area contributed by atoms with E-state index in [0.717, 1.165) is 6.20 Å². The first-order valence-corrected chi connectivity index (χ1v) is 14.0. The second-order valence-electron chi connectivity index (χ2n) is 10.2. The Morgan fingerprint density at radius 1 is 1.24 bits per heavy atom. The van der Waals surface area contributed by atoms with Gasteiger partial charge in [-0.25, -0.2) is 27.4 Å². The van der Waals surface area contributed by atoms with Gasteiger partial charge in [-0.05, 0) is 26.0 Å². The molecule has 5 rings (SSSR count). The number of H-pyrrole nitrogens is 1. The highest BCUT2D eigenvalue weighted by Gasteiger charge is 2.31. The standard InChI is InChI=1S/C28H27F4N7O2S/c1-15-14-39(9-8-37(15)3)20-11-19(29)23(16-4-6-38(7-5-16)28-35-13-22(33-2)42-28)24(30)25(20)36-27(41)18-12-34-21(40)10-17(18)26(31)32/h4,10-13,15,26H,5-9,14H2,1,3H3,(H,34,40)(H,36,41)/t15-/m0/s1. The molecule has 4 heterocycles. The lowest BCUT2D eigenvalue weighted by Gasteiger charge is -2.40. The normalized spacial score (nSPS) is 17.8. The molecule has 2 aliphatic heterocycles. The van der Waals surface area contributed by atoms with E-state index in [1.165, 1.54) is 23.6 Å². The minimum atomic E-state index is -3.13. The number of aromatic amines is 1. The van der Waals surface area contributed by atoms with Crippen LogP contribution in [-0.2, 0) is 0 Å². The minimum absolute atomic E-state index is 0.0407. The van der Waals surface area contributed by atoms with Gasteiger partial charge in [0.15, 0.2) is 10.9 Å². The van der Waals surface area contributed by atoms with Crippen LogP contribution in [0.15, 0.2) is 35.4 Å². The van der Waals surface area contributed by atoms with Gasteiger partial charge < -0.3 is 25.0 Å². The molecule has 42 heavy (non-hydrogen) atoms. The molecule has 3 aromatic rings. The van der Waals surface area contributed by atoms with E-state index in [9.17, 15) is 18.4 Å². The number of hydrogen-bond donors (Lipinski definition) is 2. The first-order chi connectivity index (χ1) is 20.1. The molecular formula is C28H27F4N7O2S. The van der Waals surface area contributed by atoms with Crippen molar-refractivity contribution >= 4 is 44.3 Å². The van der Waals surface area contributed by atoms with Crippen molar-refractivity contribution in [3.05, 3.63) is 80.7 Å². The lowest BCUT2D eigenvalue weighted by molar-refractivity contribution is 0.101. The second-order valence-corrected chi connectivity index (χ2v) is 11.1. The van der Waals surface area contributed by atoms with E-state index >= 15 is 8.78 Å². The first-order valence-electron chi connectivity index (χ1n) is 13.1. The van der Waals surface area contributed by atoms with E-state index < -0.39 is 40.7 Å². The van der Waals surface area contributed by atoms with Gasteiger partial charge >= 0.3 is 0 Å². The Labute approximate surface area is 242 Å². The van der Waals surface area contributed by atoms with E-state index in [1.54, 1.807) is 11.0 Å². The predicted molar refractivity (Wildman–Crippen MR) is 154 cm³/mol. The lowest BCUT2D eigenvalue weighted by Crippen LogP contribution is -2.50. The van der Waals surface area contributed by atoms with E-state index in [4.69, 9.17) is 6.57 Å². The van der Waals surface area contributed by atoms with Crippen LogP contribution in [0.1, 0.15) is 41.3 Å². The number of halogens is 4. The number of alkyl halides is 2. The number of amides is 1. The Balaban J connectivity index is 1.54. The van der Waals surface area contributed by atoms with Crippen LogP contribution in [-0.4, -0.2) is 66.6 Å². The SMILES string of the molecule is [C-]#[N+]c1cnc(N2CC=C(c3c(F)cc(N4CCN(C)[C@@H](C)C4)c(NC(=O)c4c[nH]c(=O)cc4C(F)F)c3F)CC2)s1. The zero-order valence-corrected chi connectivity index (χ0v) is 23.6. The molecule has 14 heteroatoms. The van der Waals surface area contributed by atoms with Crippen LogP contribution in [0.5, 0.6) is 0 Å². The molecule has 0 radical (unpaired) electrons. The summed E-state index contributed by atoms with van der Waals surface area (Å²) in [7, 11) is 1.93. The summed E-state index contributed by atoms with van der Waals surface area (Å²) < 4.78 is 59.4. The largest absolute Gasteiger partial charge is 0.367 e. The number of carbonyl (C=O) groups is 1. The van der Waals surface area contributed by atoms with Gasteiger partial charge in [0.1, 0.15) is 11.5 Å². The molecule has 2 aromatic heterocycles. The van der Waals surface area contributed by atoms with E-state index in [1.807, 2.05) is 18.9 Å². The van der Waals surface area contributed by atoms with Crippen LogP contribution < -0.4 is 20.7 Å². The maximum Gasteiger partial charge on any atom is 0.264 e. The number of aromatic nitrogens is 2. The third kappa shape index (κ3) is 5.75. The molecule has 1 fully saturated rings. The number of nitrogens with zero attached hydrogens (tertiary/aromatic N) is 5. The van der Waals surface area contributed by atoms with Crippen molar-refractivity contribution < 1.29 is 22.4 Å². The molecule has 0 unspecified atom stereocenters. The smallest absolute Gasteiger partial charge is 0.264 e. The first kappa shape index (κ1) is 29.3. The number of carbonyl (C=O) groups excluding carboxylic acids is 1. The topological polar surface area (TPSA) is 88.9 Å². The van der Waals surface area contributed by atoms with Gasteiger partial charge in [-0.3, -0.25) is 9.59 Å². The number of anilines is 3. The fourth-order valence-electron chi connectivity index (χ4n) is 5.11. The molecule has 2 aliphatic rings. The molecule has 220 valence electrons. The van der Waals surface area contributed by atoms with Crippen LogP contribution in [0.2, 0.25) is 0 Å². The highest BCUT2D eigenvalue weighted by molar-refractivity contribution is 7.19. The molecule has 0 aliphatic carbocycles. The highest BCUT2D eigenvalue weighted by Crippen LogP contribution is 2.40. The molecular weight excluding hydrogens is 574 g/mol. The van der Waals surface area contributed by atoms with Crippen LogP contribution >= 0.6 is 11.3 Å². The number of likely N-dealkylation sites (N-methyl/N-ethyl adjacent to an activating group) is 1. The van der Waals surface area contributed by atoms with Crippen molar-refractivity contribution in [2.75, 3.05) is 54.9 Å². The van der Waals surface area contributed by atoms with Gasteiger partial charge in [0.2, 0.25) is 5.56 Å². The molecule has 2 N–H and O–H groups in total. The third-order valence-corrected chi connectivity index (χ3v) is 8.52. The Kier molecular flexibility index (Phi) is 8.33. The van der Waals surface area contributed by atoms with E-state index in [-0.39, 0.29) is 29.4 Å². The van der Waals surface area contributed by atoms with Crippen molar-refractivity contribution in [3.63, 3.8) is 0 Å². The number of benzene rings is 1. The average molecular weight is 602 g/mol. The summed E-state index contributed by atoms with van der Waals surface area (Å²) in [4.78, 5) is 40.4. The van der Waals surface area contributed by atoms with Crippen molar-refractivity contribution in [3.8, 4) is 0 Å². The Bertz CT molecular complexity index is 1650.